The number of fused-ring (bicyclic) bond motifs is 27. The number of allylic oxidation sites excluding steroid dienone is 1. The maximum Gasteiger partial charge on any atom is 0.163 e. The number of hydrogen-bond acceptors (Lipinski definition) is 6. The van der Waals surface area contributed by atoms with E-state index in [1.807, 2.05) is 97.1 Å². The van der Waals surface area contributed by atoms with Crippen LogP contribution in [0, 0.1) is 6.07 Å². The molecule has 340 valence electrons. The van der Waals surface area contributed by atoms with Crippen LogP contribution in [0.5, 0.6) is 0 Å². The average molecular weight is 994 g/mol. The van der Waals surface area contributed by atoms with Crippen LogP contribution in [0.2, 0.25) is 0 Å². The van der Waals surface area contributed by atoms with Gasteiger partial charge in [0.1, 0.15) is 11.3 Å². The second-order valence-electron chi connectivity index (χ2n) is 18.8. The van der Waals surface area contributed by atoms with E-state index in [0.717, 1.165) is 49.4 Å². The Labute approximate surface area is 432 Å². The number of aromatic amines is 1. The fraction of sp³-hybridized carbons (Fsp3) is 0. The molecule has 2 aliphatic heterocycles. The Morgan fingerprint density at radius 2 is 0.770 bits per heavy atom. The summed E-state index contributed by atoms with van der Waals surface area (Å²) in [6.45, 7) is 0. The third-order valence-corrected chi connectivity index (χ3v) is 14.9. The number of rotatable bonds is 2. The van der Waals surface area contributed by atoms with Crippen LogP contribution in [0.15, 0.2) is 200 Å². The van der Waals surface area contributed by atoms with Crippen LogP contribution in [0.25, 0.3) is 160 Å². The third kappa shape index (κ3) is 7.04. The smallest absolute Gasteiger partial charge is 0.163 e. The molecule has 74 heavy (non-hydrogen) atoms. The van der Waals surface area contributed by atoms with E-state index in [4.69, 9.17) is 34.9 Å². The van der Waals surface area contributed by atoms with Crippen molar-refractivity contribution in [2.45, 2.75) is 0 Å². The first-order valence-corrected chi connectivity index (χ1v) is 26.3. The van der Waals surface area contributed by atoms with Crippen LogP contribution in [-0.4, -0.2) is 39.5 Å². The normalized spacial score (nSPS) is 12.1. The van der Waals surface area contributed by atoms with Crippen LogP contribution in [0.1, 0.15) is 5.56 Å². The van der Waals surface area contributed by atoms with Crippen molar-refractivity contribution in [3.05, 3.63) is 212 Å². The molecule has 16 rings (SSSR count). The maximum absolute atomic E-state index is 5.00. The van der Waals surface area contributed by atoms with Crippen LogP contribution >= 0.6 is 0 Å². The molecule has 11 aromatic carbocycles. The topological polar surface area (TPSA) is 107 Å². The van der Waals surface area contributed by atoms with Gasteiger partial charge in [0.15, 0.2) is 11.6 Å². The molecule has 0 saturated carbocycles. The van der Waals surface area contributed by atoms with Gasteiger partial charge in [-0.05, 0) is 62.0 Å². The second-order valence-corrected chi connectivity index (χ2v) is 19.8. The Hall–Kier alpha value is -9.43. The molecular formula is C65H36N8Zn-2. The van der Waals surface area contributed by atoms with Crippen molar-refractivity contribution in [1.29, 1.82) is 0 Å². The monoisotopic (exact) mass is 992 g/mol. The Balaban J connectivity index is 0.000000133. The van der Waals surface area contributed by atoms with E-state index in [9.17, 15) is 0 Å². The van der Waals surface area contributed by atoms with Gasteiger partial charge in [-0.2, -0.15) is 0 Å². The molecule has 8 nitrogen and oxygen atoms in total. The Kier molecular flexibility index (Phi) is 9.62. The molecule has 0 atom stereocenters. The zero-order chi connectivity index (χ0) is 48.9. The van der Waals surface area contributed by atoms with Gasteiger partial charge in [-0.3, -0.25) is 0 Å². The number of H-pyrrole nitrogens is 1. The first-order valence-electron chi connectivity index (χ1n) is 24.6. The summed E-state index contributed by atoms with van der Waals surface area (Å²) in [4.78, 5) is 38.0. The van der Waals surface area contributed by atoms with E-state index in [1.54, 1.807) is 0 Å². The van der Waals surface area contributed by atoms with Gasteiger partial charge in [0.05, 0.1) is 11.6 Å². The molecule has 1 N–H and O–H groups in total. The maximum atomic E-state index is 5.00. The first kappa shape index (κ1) is 42.3. The van der Waals surface area contributed by atoms with Crippen LogP contribution in [-0.2, 0) is 17.9 Å². The summed E-state index contributed by atoms with van der Waals surface area (Å²) < 4.78 is 2.17. The zero-order valence-corrected chi connectivity index (χ0v) is 42.5. The largest absolute Gasteiger partial charge is 0.357 e. The molecule has 5 heterocycles. The van der Waals surface area contributed by atoms with Crippen molar-refractivity contribution in [3.63, 3.8) is 0 Å². The van der Waals surface area contributed by atoms with E-state index in [-0.39, 0.29) is 0 Å². The molecule has 0 spiro atoms. The fourth-order valence-electron chi connectivity index (χ4n) is 10.7. The molecular weight excluding hydrogens is 958 g/mol. The zero-order valence-electron chi connectivity index (χ0n) is 39.5. The average Bonchev–Trinajstić information content (AvgIpc) is 4.20. The van der Waals surface area contributed by atoms with Gasteiger partial charge < -0.3 is 19.9 Å². The van der Waals surface area contributed by atoms with Gasteiger partial charge in [-0.25, -0.2) is 19.9 Å². The standard InChI is InChI=1S/C33H19.C32H17N8.Zn/c1-2-5-21-8-9-24-19-32-25(15-27(24)12-21)10-11-26-16-30-17-28-13-22-6-3-4-7-23(22)14-29(28)18-31(30)20-33(26)32;1-2-10-18-17(9-1)25-33-26(18)38-28-21-13-5-6-14-22(21)30(35-28)40-32-24-16-8-7-15-23(24)31(36-32)39-29-20-12-4-3-11-19(20)27(34-29)37-25;/h1-7,9-20H;1-16H,(H-,33,34,35,36,37,38,39,40);/q2*-1;/b5-2-;;. The van der Waals surface area contributed by atoms with Gasteiger partial charge in [0.25, 0.3) is 0 Å². The molecule has 0 amide bonds. The van der Waals surface area contributed by atoms with E-state index in [2.05, 4.69) is 125 Å². The summed E-state index contributed by atoms with van der Waals surface area (Å²) in [6.07, 6.45) is 4.25. The van der Waals surface area contributed by atoms with E-state index in [0.29, 0.717) is 45.9 Å². The Morgan fingerprint density at radius 1 is 0.365 bits per heavy atom. The molecule has 0 aliphatic carbocycles. The molecule has 2 aliphatic rings. The summed E-state index contributed by atoms with van der Waals surface area (Å²) in [5, 5.41) is 19.1. The quantitative estimate of drug-likeness (QED) is 0.0795. The van der Waals surface area contributed by atoms with Crippen molar-refractivity contribution < 1.29 is 17.9 Å². The van der Waals surface area contributed by atoms with Gasteiger partial charge in [-0.15, -0.1) is 0 Å². The number of benzene rings is 11. The van der Waals surface area contributed by atoms with Gasteiger partial charge in [-0.1, -0.05) is 121 Å². The second kappa shape index (κ2) is 16.8. The number of nitrogens with one attached hydrogen (secondary N) is 1. The molecule has 9 heteroatoms. The molecule has 0 saturated heterocycles. The van der Waals surface area contributed by atoms with Crippen molar-refractivity contribution in [2.24, 2.45) is 0 Å². The minimum Gasteiger partial charge on any atom is -0.357 e. The Bertz CT molecular complexity index is 4630. The minimum absolute atomic E-state index is 0.560. The van der Waals surface area contributed by atoms with E-state index < -0.39 is 0 Å². The number of hydrogen-bond donors (Lipinski definition) is 1. The molecule has 0 unspecified atom stereocenters. The van der Waals surface area contributed by atoms with Gasteiger partial charge >= 0.3 is 132 Å². The summed E-state index contributed by atoms with van der Waals surface area (Å²) in [6, 6.07) is 71.6. The third-order valence-electron chi connectivity index (χ3n) is 14.3. The van der Waals surface area contributed by atoms with E-state index >= 15 is 0 Å². The molecule has 3 aromatic heterocycles. The van der Waals surface area contributed by atoms with E-state index in [1.165, 1.54) is 82.5 Å². The number of nitrogens with zero attached hydrogens (tertiary/aromatic N) is 7. The predicted molar refractivity (Wildman–Crippen MR) is 300 cm³/mol. The SMILES string of the molecule is [Zn]=[CH]/C=C\c1[c-]cc2cc3c(ccc4cc5cc6cc7ccccc7cc6cc5cc43)cc2c1.c1ccc2c(c1)-c1nc-2nc2[nH]c(nc3nc(nc4[n-]c(n1)c1ccccc41)-c1ccccc1-3)c1ccccc21. The molecule has 14 aromatic rings. The predicted octanol–water partition coefficient (Wildman–Crippen LogP) is 15.3. The van der Waals surface area contributed by atoms with Crippen LogP contribution < -0.4 is 4.98 Å². The number of aromatic nitrogens is 8. The Morgan fingerprint density at radius 3 is 1.28 bits per heavy atom. The molecule has 0 fully saturated rings. The summed E-state index contributed by atoms with van der Waals surface area (Å²) in [7, 11) is 0. The van der Waals surface area contributed by atoms with Crippen molar-refractivity contribution >= 4 is 119 Å². The molecule has 0 radical (unpaired) electrons. The summed E-state index contributed by atoms with van der Waals surface area (Å²) >= 11 is 1.17. The van der Waals surface area contributed by atoms with Crippen molar-refractivity contribution in [3.8, 4) is 45.6 Å². The minimum atomic E-state index is 0.560. The summed E-state index contributed by atoms with van der Waals surface area (Å²) in [5.74, 6) is 2.30. The summed E-state index contributed by atoms with van der Waals surface area (Å²) in [5.41, 5.74) is 7.24. The van der Waals surface area contributed by atoms with Crippen LogP contribution in [0.4, 0.5) is 0 Å². The molecule has 8 bridgehead atoms. The van der Waals surface area contributed by atoms with Gasteiger partial charge in [0.2, 0.25) is 0 Å². The van der Waals surface area contributed by atoms with Crippen LogP contribution in [0.3, 0.4) is 0 Å². The van der Waals surface area contributed by atoms with Gasteiger partial charge in [0, 0.05) is 44.3 Å². The van der Waals surface area contributed by atoms with Crippen molar-refractivity contribution in [2.75, 3.05) is 0 Å². The van der Waals surface area contributed by atoms with Crippen molar-refractivity contribution in [1.82, 2.24) is 39.9 Å². The fourth-order valence-corrected chi connectivity index (χ4v) is 11.0. The first-order chi connectivity index (χ1) is 36.5.